The van der Waals surface area contributed by atoms with E-state index < -0.39 is 23.7 Å². The second-order valence-corrected chi connectivity index (χ2v) is 5.85. The first-order chi connectivity index (χ1) is 8.78. The molecule has 0 bridgehead atoms. The number of rotatable bonds is 3. The SMILES string of the molecule is COC(=O)[C@@H]1CC(CCN)CN1C(=O)OC(C)(C)C. The van der Waals surface area contributed by atoms with E-state index in [4.69, 9.17) is 15.2 Å². The molecule has 0 spiro atoms. The molecule has 1 rings (SSSR count). The lowest BCUT2D eigenvalue weighted by Gasteiger charge is -2.27. The van der Waals surface area contributed by atoms with Crippen LogP contribution >= 0.6 is 0 Å². The van der Waals surface area contributed by atoms with Crippen LogP contribution in [0.4, 0.5) is 4.79 Å². The molecule has 1 fully saturated rings. The Labute approximate surface area is 114 Å². The van der Waals surface area contributed by atoms with Crippen molar-refractivity contribution in [3.8, 4) is 0 Å². The number of ether oxygens (including phenoxy) is 2. The molecule has 6 nitrogen and oxygen atoms in total. The maximum atomic E-state index is 12.1. The van der Waals surface area contributed by atoms with Crippen molar-refractivity contribution >= 4 is 12.1 Å². The fourth-order valence-electron chi connectivity index (χ4n) is 2.25. The predicted molar refractivity (Wildman–Crippen MR) is 70.5 cm³/mol. The third-order valence-corrected chi connectivity index (χ3v) is 3.06. The van der Waals surface area contributed by atoms with Crippen LogP contribution in [0.3, 0.4) is 0 Å². The van der Waals surface area contributed by atoms with Crippen molar-refractivity contribution in [3.05, 3.63) is 0 Å². The number of amides is 1. The zero-order valence-corrected chi connectivity index (χ0v) is 12.1. The Hall–Kier alpha value is -1.30. The Morgan fingerprint density at radius 2 is 2.00 bits per heavy atom. The molecule has 0 aliphatic carbocycles. The Kier molecular flexibility index (Phi) is 5.17. The van der Waals surface area contributed by atoms with E-state index in [1.165, 1.54) is 12.0 Å². The summed E-state index contributed by atoms with van der Waals surface area (Å²) in [5.74, 6) is -0.174. The van der Waals surface area contributed by atoms with Crippen LogP contribution < -0.4 is 5.73 Å². The van der Waals surface area contributed by atoms with Crippen molar-refractivity contribution in [1.29, 1.82) is 0 Å². The van der Waals surface area contributed by atoms with Gasteiger partial charge in [0.25, 0.3) is 0 Å². The molecule has 1 unspecified atom stereocenters. The summed E-state index contributed by atoms with van der Waals surface area (Å²) in [4.78, 5) is 25.3. The smallest absolute Gasteiger partial charge is 0.411 e. The average molecular weight is 272 g/mol. The maximum Gasteiger partial charge on any atom is 0.411 e. The first-order valence-electron chi connectivity index (χ1n) is 6.56. The molecule has 2 atom stereocenters. The molecule has 19 heavy (non-hydrogen) atoms. The lowest BCUT2D eigenvalue weighted by molar-refractivity contribution is -0.145. The molecule has 0 aromatic heterocycles. The topological polar surface area (TPSA) is 81.9 Å². The van der Waals surface area contributed by atoms with Gasteiger partial charge in [0.15, 0.2) is 0 Å². The minimum atomic E-state index is -0.580. The number of methoxy groups -OCH3 is 1. The van der Waals surface area contributed by atoms with Gasteiger partial charge in [-0.15, -0.1) is 0 Å². The molecule has 1 aliphatic rings. The molecular formula is C13H24N2O4. The monoisotopic (exact) mass is 272 g/mol. The summed E-state index contributed by atoms with van der Waals surface area (Å²) in [6.45, 7) is 6.43. The minimum absolute atomic E-state index is 0.224. The van der Waals surface area contributed by atoms with Gasteiger partial charge in [-0.05, 0) is 46.1 Å². The predicted octanol–water partition coefficient (Wildman–Crippen LogP) is 1.13. The molecule has 0 radical (unpaired) electrons. The van der Waals surface area contributed by atoms with E-state index in [2.05, 4.69) is 0 Å². The van der Waals surface area contributed by atoms with Gasteiger partial charge in [-0.2, -0.15) is 0 Å². The summed E-state index contributed by atoms with van der Waals surface area (Å²) in [6.07, 6.45) is 0.901. The highest BCUT2D eigenvalue weighted by Gasteiger charge is 2.41. The number of nitrogens with zero attached hydrogens (tertiary/aromatic N) is 1. The van der Waals surface area contributed by atoms with Crippen LogP contribution in [0.2, 0.25) is 0 Å². The van der Waals surface area contributed by atoms with Crippen molar-refractivity contribution in [2.45, 2.75) is 45.3 Å². The summed E-state index contributed by atoms with van der Waals surface area (Å²) in [6, 6.07) is -0.559. The first-order valence-corrected chi connectivity index (χ1v) is 6.56. The number of likely N-dealkylation sites (tertiary alicyclic amines) is 1. The normalized spacial score (nSPS) is 23.3. The second-order valence-electron chi connectivity index (χ2n) is 5.85. The molecule has 6 heteroatoms. The molecule has 1 amide bonds. The molecular weight excluding hydrogens is 248 g/mol. The number of carbonyl (C=O) groups is 2. The summed E-state index contributed by atoms with van der Waals surface area (Å²) in [5.41, 5.74) is 4.96. The number of carbonyl (C=O) groups excluding carboxylic acids is 2. The van der Waals surface area contributed by atoms with E-state index >= 15 is 0 Å². The quantitative estimate of drug-likeness (QED) is 0.779. The van der Waals surface area contributed by atoms with Crippen molar-refractivity contribution < 1.29 is 19.1 Å². The number of esters is 1. The molecule has 0 aromatic rings. The molecule has 0 saturated carbocycles. The Morgan fingerprint density at radius 3 is 2.47 bits per heavy atom. The van der Waals surface area contributed by atoms with Gasteiger partial charge in [0.2, 0.25) is 0 Å². The molecule has 1 aliphatic heterocycles. The van der Waals surface area contributed by atoms with Crippen LogP contribution in [0.5, 0.6) is 0 Å². The van der Waals surface area contributed by atoms with Gasteiger partial charge in [-0.1, -0.05) is 0 Å². The third-order valence-electron chi connectivity index (χ3n) is 3.06. The summed E-state index contributed by atoms with van der Waals surface area (Å²) < 4.78 is 10.1. The Morgan fingerprint density at radius 1 is 1.37 bits per heavy atom. The number of hydrogen-bond donors (Lipinski definition) is 1. The van der Waals surface area contributed by atoms with Crippen molar-refractivity contribution in [2.24, 2.45) is 11.7 Å². The first kappa shape index (κ1) is 15.8. The summed E-state index contributed by atoms with van der Waals surface area (Å²) >= 11 is 0. The van der Waals surface area contributed by atoms with Gasteiger partial charge < -0.3 is 15.2 Å². The zero-order chi connectivity index (χ0) is 14.6. The molecule has 2 N–H and O–H groups in total. The van der Waals surface area contributed by atoms with Gasteiger partial charge in [0.1, 0.15) is 11.6 Å². The number of nitrogens with two attached hydrogens (primary N) is 1. The lowest BCUT2D eigenvalue weighted by atomic mass is 10.0. The standard InChI is InChI=1S/C13H24N2O4/c1-13(2,3)19-12(17)15-8-9(5-6-14)7-10(15)11(16)18-4/h9-10H,5-8,14H2,1-4H3/t9?,10-/m0/s1. The summed E-state index contributed by atoms with van der Waals surface area (Å²) in [7, 11) is 1.33. The van der Waals surface area contributed by atoms with Crippen LogP contribution in [-0.4, -0.2) is 48.8 Å². The van der Waals surface area contributed by atoms with E-state index in [9.17, 15) is 9.59 Å². The van der Waals surface area contributed by atoms with Gasteiger partial charge in [0, 0.05) is 6.54 Å². The van der Waals surface area contributed by atoms with Crippen molar-refractivity contribution in [2.75, 3.05) is 20.2 Å². The van der Waals surface area contributed by atoms with E-state index in [1.54, 1.807) is 20.8 Å². The van der Waals surface area contributed by atoms with E-state index in [0.717, 1.165) is 6.42 Å². The van der Waals surface area contributed by atoms with Gasteiger partial charge in [0.05, 0.1) is 7.11 Å². The van der Waals surface area contributed by atoms with Crippen molar-refractivity contribution in [3.63, 3.8) is 0 Å². The van der Waals surface area contributed by atoms with E-state index in [-0.39, 0.29) is 5.92 Å². The highest BCUT2D eigenvalue weighted by Crippen LogP contribution is 2.28. The van der Waals surface area contributed by atoms with Crippen LogP contribution in [0.25, 0.3) is 0 Å². The highest BCUT2D eigenvalue weighted by atomic mass is 16.6. The minimum Gasteiger partial charge on any atom is -0.467 e. The largest absolute Gasteiger partial charge is 0.467 e. The fourth-order valence-corrected chi connectivity index (χ4v) is 2.25. The maximum absolute atomic E-state index is 12.1. The molecule has 110 valence electrons. The second kappa shape index (κ2) is 6.23. The zero-order valence-electron chi connectivity index (χ0n) is 12.1. The molecule has 0 aromatic carbocycles. The van der Waals surface area contributed by atoms with Crippen molar-refractivity contribution in [1.82, 2.24) is 4.90 Å². The number of hydrogen-bond acceptors (Lipinski definition) is 5. The van der Waals surface area contributed by atoms with Gasteiger partial charge >= 0.3 is 12.1 Å². The molecule has 1 heterocycles. The van der Waals surface area contributed by atoms with Gasteiger partial charge in [-0.25, -0.2) is 9.59 Å². The third kappa shape index (κ3) is 4.38. The Bertz CT molecular complexity index is 338. The molecule has 1 saturated heterocycles. The van der Waals surface area contributed by atoms with E-state index in [1.807, 2.05) is 0 Å². The van der Waals surface area contributed by atoms with Crippen LogP contribution in [0.15, 0.2) is 0 Å². The summed E-state index contributed by atoms with van der Waals surface area (Å²) in [5, 5.41) is 0. The van der Waals surface area contributed by atoms with Crippen LogP contribution in [0.1, 0.15) is 33.6 Å². The Balaban J connectivity index is 2.76. The average Bonchev–Trinajstić information content (AvgIpc) is 2.70. The fraction of sp³-hybridized carbons (Fsp3) is 0.846. The van der Waals surface area contributed by atoms with Crippen LogP contribution in [0, 0.1) is 5.92 Å². The van der Waals surface area contributed by atoms with Gasteiger partial charge in [-0.3, -0.25) is 4.90 Å². The van der Waals surface area contributed by atoms with Crippen LogP contribution in [-0.2, 0) is 14.3 Å². The highest BCUT2D eigenvalue weighted by molar-refractivity contribution is 5.82. The van der Waals surface area contributed by atoms with E-state index in [0.29, 0.717) is 19.5 Å². The lowest BCUT2D eigenvalue weighted by Crippen LogP contribution is -2.43.